The van der Waals surface area contributed by atoms with Gasteiger partial charge in [-0.3, -0.25) is 9.89 Å². The summed E-state index contributed by atoms with van der Waals surface area (Å²) in [5.74, 6) is 3.44. The molecule has 3 rings (SSSR count). The van der Waals surface area contributed by atoms with Crippen molar-refractivity contribution < 1.29 is 0 Å². The molecule has 3 fully saturated rings. The molecule has 2 saturated heterocycles. The van der Waals surface area contributed by atoms with E-state index < -0.39 is 0 Å². The molecule has 3 atom stereocenters. The molecule has 0 aromatic carbocycles. The molecule has 3 aliphatic rings. The summed E-state index contributed by atoms with van der Waals surface area (Å²) in [6.07, 6.45) is 5.27. The zero-order valence-electron chi connectivity index (χ0n) is 15.1. The second kappa shape index (κ2) is 7.19. The Morgan fingerprint density at radius 1 is 1.39 bits per heavy atom. The molecule has 3 unspecified atom stereocenters. The topological polar surface area (TPSA) is 42.9 Å². The number of hydrogen-bond donors (Lipinski definition) is 2. The Bertz CT molecular complexity index is 429. The Balaban J connectivity index is 1.50. The van der Waals surface area contributed by atoms with Crippen LogP contribution in [0.15, 0.2) is 4.99 Å². The maximum Gasteiger partial charge on any atom is 0.191 e. The molecule has 5 nitrogen and oxygen atoms in total. The fourth-order valence-corrected chi connectivity index (χ4v) is 5.51. The second-order valence-electron chi connectivity index (χ2n) is 7.70. The van der Waals surface area contributed by atoms with Crippen molar-refractivity contribution in [3.8, 4) is 0 Å². The van der Waals surface area contributed by atoms with Gasteiger partial charge < -0.3 is 15.5 Å². The van der Waals surface area contributed by atoms with Crippen molar-refractivity contribution in [2.45, 2.75) is 56.3 Å². The van der Waals surface area contributed by atoms with Crippen LogP contribution >= 0.6 is 11.8 Å². The quantitative estimate of drug-likeness (QED) is 0.582. The lowest BCUT2D eigenvalue weighted by atomic mass is 9.97. The third kappa shape index (κ3) is 3.97. The van der Waals surface area contributed by atoms with Gasteiger partial charge in [0.2, 0.25) is 0 Å². The Morgan fingerprint density at radius 3 is 2.74 bits per heavy atom. The molecule has 1 saturated carbocycles. The Hall–Kier alpha value is -0.460. The minimum atomic E-state index is 0.269. The van der Waals surface area contributed by atoms with Crippen molar-refractivity contribution in [1.82, 2.24) is 20.4 Å². The maximum absolute atomic E-state index is 4.46. The largest absolute Gasteiger partial charge is 0.355 e. The van der Waals surface area contributed by atoms with Gasteiger partial charge in [0.25, 0.3) is 0 Å². The summed E-state index contributed by atoms with van der Waals surface area (Å²) in [5, 5.41) is 7.26. The van der Waals surface area contributed by atoms with Gasteiger partial charge in [0.1, 0.15) is 0 Å². The van der Waals surface area contributed by atoms with Crippen LogP contribution < -0.4 is 10.6 Å². The lowest BCUT2D eigenvalue weighted by Gasteiger charge is -2.36. The zero-order chi connectivity index (χ0) is 16.4. The number of likely N-dealkylation sites (N-methyl/N-ethyl adjacent to an activating group) is 1. The average Bonchev–Trinajstić information content (AvgIpc) is 3.13. The van der Waals surface area contributed by atoms with E-state index in [0.717, 1.165) is 18.5 Å². The van der Waals surface area contributed by atoms with Gasteiger partial charge in [-0.15, -0.1) is 0 Å². The molecule has 1 aliphatic carbocycles. The summed E-state index contributed by atoms with van der Waals surface area (Å²) >= 11 is 2.06. The summed E-state index contributed by atoms with van der Waals surface area (Å²) < 4.78 is 0. The minimum absolute atomic E-state index is 0.269. The number of aliphatic imine (C=N–C) groups is 1. The molecular formula is C17H33N5S. The van der Waals surface area contributed by atoms with Crippen LogP contribution in [0.25, 0.3) is 0 Å². The normalized spacial score (nSPS) is 36.0. The van der Waals surface area contributed by atoms with Crippen LogP contribution in [-0.4, -0.2) is 85.2 Å². The van der Waals surface area contributed by atoms with Crippen LogP contribution in [0.4, 0.5) is 0 Å². The van der Waals surface area contributed by atoms with Crippen molar-refractivity contribution >= 4 is 17.7 Å². The van der Waals surface area contributed by atoms with Crippen molar-refractivity contribution in [2.75, 3.05) is 45.7 Å². The van der Waals surface area contributed by atoms with E-state index in [1.807, 2.05) is 7.05 Å². The second-order valence-corrected chi connectivity index (χ2v) is 8.81. The lowest BCUT2D eigenvalue weighted by Crippen LogP contribution is -2.55. The van der Waals surface area contributed by atoms with E-state index in [-0.39, 0.29) is 5.54 Å². The van der Waals surface area contributed by atoms with Gasteiger partial charge >= 0.3 is 0 Å². The number of thioether (sulfide) groups is 1. The molecule has 132 valence electrons. The summed E-state index contributed by atoms with van der Waals surface area (Å²) in [4.78, 5) is 9.53. The first-order chi connectivity index (χ1) is 11.0. The number of rotatable bonds is 5. The molecule has 0 aromatic heterocycles. The average molecular weight is 340 g/mol. The van der Waals surface area contributed by atoms with Gasteiger partial charge in [0.05, 0.1) is 0 Å². The van der Waals surface area contributed by atoms with E-state index in [1.165, 1.54) is 43.7 Å². The number of nitrogens with one attached hydrogen (secondary N) is 2. The predicted octanol–water partition coefficient (Wildman–Crippen LogP) is 1.21. The van der Waals surface area contributed by atoms with Gasteiger partial charge in [-0.25, -0.2) is 0 Å². The van der Waals surface area contributed by atoms with Gasteiger partial charge in [0, 0.05) is 49.6 Å². The van der Waals surface area contributed by atoms with E-state index in [0.29, 0.717) is 12.1 Å². The fourth-order valence-electron chi connectivity index (χ4n) is 3.96. The number of likely N-dealkylation sites (tertiary alicyclic amines) is 1. The first-order valence-electron chi connectivity index (χ1n) is 9.02. The molecule has 2 N–H and O–H groups in total. The first-order valence-corrected chi connectivity index (χ1v) is 10.2. The Kier molecular flexibility index (Phi) is 5.43. The standard InChI is InChI=1S/C17H33N5S/c1-13-9-14(10-22(13)15-5-6-15)20-16(18-2)19-11-17(21(3)4)7-8-23-12-17/h13-15H,5-12H2,1-4H3,(H2,18,19,20). The minimum Gasteiger partial charge on any atom is -0.355 e. The summed E-state index contributed by atoms with van der Waals surface area (Å²) in [5.41, 5.74) is 0.269. The lowest BCUT2D eigenvalue weighted by molar-refractivity contribution is 0.183. The Morgan fingerprint density at radius 2 is 2.17 bits per heavy atom. The van der Waals surface area contributed by atoms with Crippen molar-refractivity contribution in [3.05, 3.63) is 0 Å². The number of nitrogens with zero attached hydrogens (tertiary/aromatic N) is 3. The highest BCUT2D eigenvalue weighted by Gasteiger charge is 2.39. The van der Waals surface area contributed by atoms with E-state index in [1.54, 1.807) is 0 Å². The Labute approximate surface area is 145 Å². The van der Waals surface area contributed by atoms with E-state index >= 15 is 0 Å². The van der Waals surface area contributed by atoms with Crippen molar-refractivity contribution in [1.29, 1.82) is 0 Å². The summed E-state index contributed by atoms with van der Waals surface area (Å²) in [6, 6.07) is 2.10. The van der Waals surface area contributed by atoms with Crippen LogP contribution in [0.3, 0.4) is 0 Å². The monoisotopic (exact) mass is 339 g/mol. The SMILES string of the molecule is CN=C(NCC1(N(C)C)CCSC1)NC1CC(C)N(C2CC2)C1. The third-order valence-electron chi connectivity index (χ3n) is 5.82. The summed E-state index contributed by atoms with van der Waals surface area (Å²) in [7, 11) is 6.30. The summed E-state index contributed by atoms with van der Waals surface area (Å²) in [6.45, 7) is 4.51. The molecular weight excluding hydrogens is 306 g/mol. The molecule has 2 heterocycles. The zero-order valence-corrected chi connectivity index (χ0v) is 16.0. The molecule has 6 heteroatoms. The van der Waals surface area contributed by atoms with Crippen LogP contribution in [0.1, 0.15) is 32.6 Å². The number of hydrogen-bond acceptors (Lipinski definition) is 4. The molecule has 0 aromatic rings. The smallest absolute Gasteiger partial charge is 0.191 e. The number of guanidine groups is 1. The van der Waals surface area contributed by atoms with Crippen molar-refractivity contribution in [3.63, 3.8) is 0 Å². The van der Waals surface area contributed by atoms with Crippen LogP contribution in [0.2, 0.25) is 0 Å². The molecule has 0 radical (unpaired) electrons. The first kappa shape index (κ1) is 17.4. The van der Waals surface area contributed by atoms with Crippen molar-refractivity contribution in [2.24, 2.45) is 4.99 Å². The molecule has 23 heavy (non-hydrogen) atoms. The predicted molar refractivity (Wildman–Crippen MR) is 100 cm³/mol. The fraction of sp³-hybridized carbons (Fsp3) is 0.941. The molecule has 0 amide bonds. The van der Waals surface area contributed by atoms with Gasteiger partial charge in [-0.05, 0) is 52.5 Å². The highest BCUT2D eigenvalue weighted by molar-refractivity contribution is 7.99. The maximum atomic E-state index is 4.46. The van der Waals surface area contributed by atoms with E-state index in [4.69, 9.17) is 0 Å². The van der Waals surface area contributed by atoms with Gasteiger partial charge in [-0.2, -0.15) is 11.8 Å². The molecule has 0 bridgehead atoms. The van der Waals surface area contributed by atoms with Gasteiger partial charge in [0.15, 0.2) is 5.96 Å². The van der Waals surface area contributed by atoms with E-state index in [2.05, 4.69) is 58.2 Å². The van der Waals surface area contributed by atoms with Crippen LogP contribution in [-0.2, 0) is 0 Å². The van der Waals surface area contributed by atoms with Crippen LogP contribution in [0.5, 0.6) is 0 Å². The highest BCUT2D eigenvalue weighted by Crippen LogP contribution is 2.33. The van der Waals surface area contributed by atoms with E-state index in [9.17, 15) is 0 Å². The highest BCUT2D eigenvalue weighted by atomic mass is 32.2. The third-order valence-corrected chi connectivity index (χ3v) is 7.05. The molecule has 0 spiro atoms. The molecule has 2 aliphatic heterocycles. The van der Waals surface area contributed by atoms with Gasteiger partial charge in [-0.1, -0.05) is 0 Å². The van der Waals surface area contributed by atoms with Crippen LogP contribution in [0, 0.1) is 0 Å².